The SMILES string of the molecule is F[B-](F)(F)c1ccnn1CCc1ccccc1.[K+]. The van der Waals surface area contributed by atoms with Crippen LogP contribution in [-0.4, -0.2) is 16.8 Å². The van der Waals surface area contributed by atoms with E-state index in [1.807, 2.05) is 30.3 Å². The van der Waals surface area contributed by atoms with Crippen molar-refractivity contribution in [2.75, 3.05) is 0 Å². The summed E-state index contributed by atoms with van der Waals surface area (Å²) in [4.78, 5) is 0. The van der Waals surface area contributed by atoms with Gasteiger partial charge in [0.15, 0.2) is 0 Å². The summed E-state index contributed by atoms with van der Waals surface area (Å²) in [5.74, 6) is 0. The van der Waals surface area contributed by atoms with Crippen molar-refractivity contribution in [2.45, 2.75) is 13.0 Å². The molecule has 0 saturated carbocycles. The predicted octanol–water partition coefficient (Wildman–Crippen LogP) is -0.816. The van der Waals surface area contributed by atoms with Gasteiger partial charge in [0.2, 0.25) is 0 Å². The summed E-state index contributed by atoms with van der Waals surface area (Å²) in [5, 5.41) is 3.71. The van der Waals surface area contributed by atoms with Crippen LogP contribution in [0.1, 0.15) is 5.56 Å². The van der Waals surface area contributed by atoms with Crippen molar-refractivity contribution < 1.29 is 64.3 Å². The first kappa shape index (κ1) is 16.0. The summed E-state index contributed by atoms with van der Waals surface area (Å²) in [7, 11) is 0. The molecule has 1 heterocycles. The molecule has 18 heavy (non-hydrogen) atoms. The van der Waals surface area contributed by atoms with Crippen LogP contribution in [-0.2, 0) is 13.0 Å². The van der Waals surface area contributed by atoms with Gasteiger partial charge >= 0.3 is 58.4 Å². The summed E-state index contributed by atoms with van der Waals surface area (Å²) >= 11 is 0. The molecule has 1 aromatic carbocycles. The summed E-state index contributed by atoms with van der Waals surface area (Å²) in [6.45, 7) is -4.74. The third-order valence-electron chi connectivity index (χ3n) is 2.54. The van der Waals surface area contributed by atoms with Crippen LogP contribution >= 0.6 is 0 Å². The van der Waals surface area contributed by atoms with Crippen LogP contribution in [0.5, 0.6) is 0 Å². The maximum Gasteiger partial charge on any atom is 1.00 e. The minimum atomic E-state index is -4.98. The molecule has 7 heteroatoms. The number of hydrogen-bond donors (Lipinski definition) is 0. The molecule has 90 valence electrons. The minimum absolute atomic E-state index is 0. The van der Waals surface area contributed by atoms with Gasteiger partial charge in [0.25, 0.3) is 0 Å². The number of benzene rings is 1. The Bertz CT molecular complexity index is 485. The Morgan fingerprint density at radius 1 is 1.06 bits per heavy atom. The number of hydrogen-bond acceptors (Lipinski definition) is 1. The number of aryl methyl sites for hydroxylation is 2. The summed E-state index contributed by atoms with van der Waals surface area (Å²) in [6, 6.07) is 10.4. The first-order valence-corrected chi connectivity index (χ1v) is 5.33. The monoisotopic (exact) mass is 278 g/mol. The largest absolute Gasteiger partial charge is 1.00 e. The molecule has 0 N–H and O–H groups in total. The topological polar surface area (TPSA) is 17.8 Å². The maximum absolute atomic E-state index is 12.6. The van der Waals surface area contributed by atoms with Crippen LogP contribution in [0.25, 0.3) is 0 Å². The van der Waals surface area contributed by atoms with Crippen molar-refractivity contribution in [1.82, 2.24) is 9.78 Å². The van der Waals surface area contributed by atoms with E-state index in [1.165, 1.54) is 6.20 Å². The molecule has 0 spiro atoms. The van der Waals surface area contributed by atoms with E-state index in [4.69, 9.17) is 0 Å². The Balaban J connectivity index is 0.00000162. The molecule has 1 aromatic heterocycles. The fourth-order valence-electron chi connectivity index (χ4n) is 1.69. The molecule has 0 unspecified atom stereocenters. The molecule has 0 aliphatic rings. The van der Waals surface area contributed by atoms with Gasteiger partial charge < -0.3 is 12.9 Å². The van der Waals surface area contributed by atoms with Gasteiger partial charge in [0.05, 0.1) is 0 Å². The molecular weight excluding hydrogens is 267 g/mol. The number of aromatic nitrogens is 2. The van der Waals surface area contributed by atoms with Crippen LogP contribution in [0.15, 0.2) is 42.6 Å². The predicted molar refractivity (Wildman–Crippen MR) is 61.1 cm³/mol. The molecule has 0 aliphatic carbocycles. The van der Waals surface area contributed by atoms with Gasteiger partial charge in [-0.2, -0.15) is 5.10 Å². The van der Waals surface area contributed by atoms with Crippen molar-refractivity contribution in [2.24, 2.45) is 0 Å². The molecular formula is C11H11BF3KN2. The van der Waals surface area contributed by atoms with Gasteiger partial charge in [-0.3, -0.25) is 4.68 Å². The average Bonchev–Trinajstić information content (AvgIpc) is 2.75. The zero-order valence-corrected chi connectivity index (χ0v) is 13.2. The first-order chi connectivity index (χ1) is 8.07. The quantitative estimate of drug-likeness (QED) is 0.669. The Morgan fingerprint density at radius 2 is 1.72 bits per heavy atom. The van der Waals surface area contributed by atoms with Gasteiger partial charge in [-0.05, 0) is 17.6 Å². The second-order valence-electron chi connectivity index (χ2n) is 3.79. The second-order valence-corrected chi connectivity index (χ2v) is 3.79. The van der Waals surface area contributed by atoms with E-state index in [1.54, 1.807) is 0 Å². The standard InChI is InChI=1S/C11H11BF3N2.K/c13-12(14,15)11-6-8-16-17(11)9-7-10-4-2-1-3-5-10;/h1-6,8H,7,9H2;/q-1;+1. The summed E-state index contributed by atoms with van der Waals surface area (Å²) < 4.78 is 38.8. The van der Waals surface area contributed by atoms with E-state index < -0.39 is 12.6 Å². The molecule has 0 aliphatic heterocycles. The van der Waals surface area contributed by atoms with E-state index in [0.717, 1.165) is 16.3 Å². The molecule has 2 nitrogen and oxygen atoms in total. The molecule has 0 bridgehead atoms. The van der Waals surface area contributed by atoms with Crippen LogP contribution in [0.2, 0.25) is 0 Å². The maximum atomic E-state index is 12.6. The molecule has 2 aromatic rings. The van der Waals surface area contributed by atoms with E-state index in [-0.39, 0.29) is 57.9 Å². The third kappa shape index (κ3) is 4.24. The zero-order chi connectivity index (χ0) is 12.3. The molecule has 0 amide bonds. The Kier molecular flexibility index (Phi) is 6.13. The molecule has 0 saturated heterocycles. The van der Waals surface area contributed by atoms with Crippen LogP contribution in [0.3, 0.4) is 0 Å². The van der Waals surface area contributed by atoms with Crippen molar-refractivity contribution in [3.05, 3.63) is 48.2 Å². The smallest absolute Gasteiger partial charge is 0.444 e. The van der Waals surface area contributed by atoms with Gasteiger partial charge in [-0.25, -0.2) is 0 Å². The summed E-state index contributed by atoms with van der Waals surface area (Å²) in [5.41, 5.74) is 0.365. The van der Waals surface area contributed by atoms with Crippen LogP contribution < -0.4 is 57.0 Å². The number of rotatable bonds is 4. The number of nitrogens with zero attached hydrogens (tertiary/aromatic N) is 2. The van der Waals surface area contributed by atoms with Gasteiger partial charge in [-0.1, -0.05) is 36.4 Å². The Labute approximate surface area is 146 Å². The minimum Gasteiger partial charge on any atom is -0.444 e. The number of halogens is 3. The molecule has 0 radical (unpaired) electrons. The van der Waals surface area contributed by atoms with E-state index in [9.17, 15) is 12.9 Å². The van der Waals surface area contributed by atoms with Crippen molar-refractivity contribution in [3.63, 3.8) is 0 Å². The van der Waals surface area contributed by atoms with Gasteiger partial charge in [0.1, 0.15) is 0 Å². The van der Waals surface area contributed by atoms with E-state index >= 15 is 0 Å². The fraction of sp³-hybridized carbons (Fsp3) is 0.182. The third-order valence-corrected chi connectivity index (χ3v) is 2.54. The summed E-state index contributed by atoms with van der Waals surface area (Å²) in [6.07, 6.45) is 1.73. The average molecular weight is 278 g/mol. The van der Waals surface area contributed by atoms with Gasteiger partial charge in [0, 0.05) is 12.7 Å². The Hall–Kier alpha value is -0.0787. The van der Waals surface area contributed by atoms with Crippen molar-refractivity contribution >= 4 is 12.6 Å². The molecule has 0 fully saturated rings. The molecule has 2 rings (SSSR count). The van der Waals surface area contributed by atoms with E-state index in [2.05, 4.69) is 5.10 Å². The first-order valence-electron chi connectivity index (χ1n) is 5.33. The van der Waals surface area contributed by atoms with Gasteiger partial charge in [-0.15, -0.1) is 0 Å². The van der Waals surface area contributed by atoms with Crippen LogP contribution in [0, 0.1) is 0 Å². The fourth-order valence-corrected chi connectivity index (χ4v) is 1.69. The van der Waals surface area contributed by atoms with Crippen LogP contribution in [0.4, 0.5) is 12.9 Å². The normalized spacial score (nSPS) is 11.1. The van der Waals surface area contributed by atoms with Crippen molar-refractivity contribution in [1.29, 1.82) is 0 Å². The molecule has 0 atom stereocenters. The van der Waals surface area contributed by atoms with Crippen molar-refractivity contribution in [3.8, 4) is 0 Å². The Morgan fingerprint density at radius 3 is 2.33 bits per heavy atom. The van der Waals surface area contributed by atoms with E-state index in [0.29, 0.717) is 6.42 Å². The second kappa shape index (κ2) is 6.91. The zero-order valence-electron chi connectivity index (χ0n) is 10.1.